The van der Waals surface area contributed by atoms with E-state index in [4.69, 9.17) is 5.73 Å². The van der Waals surface area contributed by atoms with E-state index < -0.39 is 0 Å². The number of nitrogens with two attached hydrogens (primary N) is 1. The number of carbonyl (C=O) groups is 1. The van der Waals surface area contributed by atoms with Crippen molar-refractivity contribution in [1.82, 2.24) is 0 Å². The summed E-state index contributed by atoms with van der Waals surface area (Å²) in [5.41, 5.74) is 8.30. The number of rotatable bonds is 5. The van der Waals surface area contributed by atoms with Crippen molar-refractivity contribution >= 4 is 23.4 Å². The molecule has 2 saturated carbocycles. The predicted octanol–water partition coefficient (Wildman–Crippen LogP) is 2.71. The first-order chi connectivity index (χ1) is 11.7. The molecule has 0 aromatic heterocycles. The van der Waals surface area contributed by atoms with Crippen LogP contribution in [0.15, 0.2) is 35.5 Å². The van der Waals surface area contributed by atoms with Crippen LogP contribution in [0, 0.1) is 5.92 Å². The molecule has 0 unspecified atom stereocenters. The Balaban J connectivity index is 1.65. The summed E-state index contributed by atoms with van der Waals surface area (Å²) >= 11 is 0. The van der Waals surface area contributed by atoms with Crippen LogP contribution in [0.3, 0.4) is 0 Å². The van der Waals surface area contributed by atoms with Crippen molar-refractivity contribution in [2.75, 3.05) is 5.32 Å². The van der Waals surface area contributed by atoms with Gasteiger partial charge in [0.05, 0.1) is 12.1 Å². The number of aliphatic hydroxyl groups is 1. The second-order valence-corrected chi connectivity index (χ2v) is 6.71. The highest BCUT2D eigenvalue weighted by molar-refractivity contribution is 6.10. The number of hydrogen-bond acceptors (Lipinski definition) is 4. The van der Waals surface area contributed by atoms with Gasteiger partial charge >= 0.3 is 0 Å². The Morgan fingerprint density at radius 1 is 1.21 bits per heavy atom. The maximum absolute atomic E-state index is 12.4. The molecular weight excluding hydrogens is 302 g/mol. The molecule has 1 amide bonds. The molecule has 3 rings (SSSR count). The Labute approximate surface area is 142 Å². The number of aliphatic hydroxyl groups excluding tert-OH is 1. The first kappa shape index (κ1) is 16.7. The Hall–Kier alpha value is -2.14. The molecule has 2 aliphatic carbocycles. The number of carbonyl (C=O) groups excluding carboxylic acids is 1. The van der Waals surface area contributed by atoms with Crippen LogP contribution in [0.5, 0.6) is 0 Å². The predicted molar refractivity (Wildman–Crippen MR) is 96.7 cm³/mol. The zero-order valence-electron chi connectivity index (χ0n) is 13.8. The van der Waals surface area contributed by atoms with Gasteiger partial charge in [-0.25, -0.2) is 0 Å². The van der Waals surface area contributed by atoms with Crippen molar-refractivity contribution in [3.05, 3.63) is 36.0 Å². The number of benzene rings is 1. The van der Waals surface area contributed by atoms with E-state index in [9.17, 15) is 9.90 Å². The van der Waals surface area contributed by atoms with Crippen LogP contribution in [0.1, 0.15) is 44.1 Å². The SMILES string of the molecule is N/C=C(\C=NC1CC1)c1cccc(NC(=O)C2CCC(O)CC2)c1. The molecule has 0 aliphatic heterocycles. The Morgan fingerprint density at radius 3 is 2.62 bits per heavy atom. The number of amides is 1. The van der Waals surface area contributed by atoms with Crippen LogP contribution in [-0.4, -0.2) is 29.4 Å². The summed E-state index contributed by atoms with van der Waals surface area (Å²) in [5, 5.41) is 12.5. The zero-order valence-corrected chi connectivity index (χ0v) is 13.8. The third-order valence-electron chi connectivity index (χ3n) is 4.68. The van der Waals surface area contributed by atoms with Gasteiger partial charge in [0.15, 0.2) is 0 Å². The molecule has 5 heteroatoms. The number of allylic oxidation sites excluding steroid dienone is 1. The minimum atomic E-state index is -0.250. The lowest BCUT2D eigenvalue weighted by molar-refractivity contribution is -0.121. The number of nitrogens with zero attached hydrogens (tertiary/aromatic N) is 1. The quantitative estimate of drug-likeness (QED) is 0.727. The van der Waals surface area contributed by atoms with Crippen molar-refractivity contribution in [2.24, 2.45) is 16.6 Å². The smallest absolute Gasteiger partial charge is 0.227 e. The van der Waals surface area contributed by atoms with E-state index in [0.717, 1.165) is 42.5 Å². The van der Waals surface area contributed by atoms with E-state index >= 15 is 0 Å². The lowest BCUT2D eigenvalue weighted by Crippen LogP contribution is -2.28. The number of aliphatic imine (C=N–C) groups is 1. The molecule has 24 heavy (non-hydrogen) atoms. The van der Waals surface area contributed by atoms with E-state index in [0.29, 0.717) is 18.9 Å². The third-order valence-corrected chi connectivity index (χ3v) is 4.68. The molecule has 128 valence electrons. The van der Waals surface area contributed by atoms with Crippen LogP contribution < -0.4 is 11.1 Å². The molecule has 4 N–H and O–H groups in total. The van der Waals surface area contributed by atoms with E-state index in [1.807, 2.05) is 30.5 Å². The highest BCUT2D eigenvalue weighted by Crippen LogP contribution is 2.27. The number of anilines is 1. The monoisotopic (exact) mass is 327 g/mol. The van der Waals surface area contributed by atoms with Crippen LogP contribution >= 0.6 is 0 Å². The van der Waals surface area contributed by atoms with Gasteiger partial charge in [0.25, 0.3) is 0 Å². The van der Waals surface area contributed by atoms with E-state index in [1.54, 1.807) is 6.20 Å². The molecule has 1 aromatic rings. The maximum Gasteiger partial charge on any atom is 0.227 e. The standard InChI is InChI=1S/C19H25N3O2/c20-11-15(12-21-16-6-7-16)14-2-1-3-17(10-14)22-19(24)13-4-8-18(23)9-5-13/h1-3,10-13,16,18,23H,4-9,20H2,(H,22,24)/b15-11+,21-12?. The first-order valence-electron chi connectivity index (χ1n) is 8.70. The van der Waals surface area contributed by atoms with Crippen LogP contribution in [-0.2, 0) is 4.79 Å². The van der Waals surface area contributed by atoms with Gasteiger partial charge in [0.1, 0.15) is 0 Å². The topological polar surface area (TPSA) is 87.7 Å². The van der Waals surface area contributed by atoms with Crippen molar-refractivity contribution < 1.29 is 9.90 Å². The summed E-state index contributed by atoms with van der Waals surface area (Å²) in [5.74, 6) is 0.0157. The van der Waals surface area contributed by atoms with Gasteiger partial charge in [-0.1, -0.05) is 12.1 Å². The Bertz CT molecular complexity index is 642. The summed E-state index contributed by atoms with van der Waals surface area (Å²) < 4.78 is 0. The van der Waals surface area contributed by atoms with Crippen LogP contribution in [0.25, 0.3) is 5.57 Å². The summed E-state index contributed by atoms with van der Waals surface area (Å²) in [6, 6.07) is 8.12. The molecule has 0 atom stereocenters. The molecule has 0 bridgehead atoms. The van der Waals surface area contributed by atoms with Gasteiger partial charge < -0.3 is 16.2 Å². The van der Waals surface area contributed by atoms with Gasteiger partial charge in [-0.3, -0.25) is 9.79 Å². The molecule has 0 heterocycles. The summed E-state index contributed by atoms with van der Waals surface area (Å²) in [6.07, 6.45) is 8.33. The fourth-order valence-corrected chi connectivity index (χ4v) is 2.98. The van der Waals surface area contributed by atoms with Crippen molar-refractivity contribution in [3.8, 4) is 0 Å². The molecular formula is C19H25N3O2. The summed E-state index contributed by atoms with van der Waals surface area (Å²) in [6.45, 7) is 0. The van der Waals surface area contributed by atoms with Gasteiger partial charge in [-0.2, -0.15) is 0 Å². The summed E-state index contributed by atoms with van der Waals surface area (Å²) in [7, 11) is 0. The van der Waals surface area contributed by atoms with Crippen LogP contribution in [0.2, 0.25) is 0 Å². The Kier molecular flexibility index (Phi) is 5.30. The fourth-order valence-electron chi connectivity index (χ4n) is 2.98. The normalized spacial score (nSPS) is 25.0. The molecule has 5 nitrogen and oxygen atoms in total. The molecule has 0 spiro atoms. The fraction of sp³-hybridized carbons (Fsp3) is 0.474. The lowest BCUT2D eigenvalue weighted by Gasteiger charge is -2.24. The zero-order chi connectivity index (χ0) is 16.9. The van der Waals surface area contributed by atoms with E-state index in [1.165, 1.54) is 0 Å². The van der Waals surface area contributed by atoms with E-state index in [-0.39, 0.29) is 17.9 Å². The Morgan fingerprint density at radius 2 is 1.96 bits per heavy atom. The highest BCUT2D eigenvalue weighted by Gasteiger charge is 2.25. The van der Waals surface area contributed by atoms with E-state index in [2.05, 4.69) is 10.3 Å². The number of hydrogen-bond donors (Lipinski definition) is 3. The second kappa shape index (κ2) is 7.62. The highest BCUT2D eigenvalue weighted by atomic mass is 16.3. The summed E-state index contributed by atoms with van der Waals surface area (Å²) in [4.78, 5) is 16.9. The largest absolute Gasteiger partial charge is 0.404 e. The average Bonchev–Trinajstić information content (AvgIpc) is 3.41. The van der Waals surface area contributed by atoms with Gasteiger partial charge in [0, 0.05) is 29.6 Å². The lowest BCUT2D eigenvalue weighted by atomic mass is 9.87. The molecule has 0 saturated heterocycles. The van der Waals surface area contributed by atoms with Gasteiger partial charge in [-0.15, -0.1) is 0 Å². The molecule has 2 fully saturated rings. The van der Waals surface area contributed by atoms with Crippen molar-refractivity contribution in [1.29, 1.82) is 0 Å². The second-order valence-electron chi connectivity index (χ2n) is 6.71. The van der Waals surface area contributed by atoms with Crippen LogP contribution in [0.4, 0.5) is 5.69 Å². The molecule has 2 aliphatic rings. The molecule has 0 radical (unpaired) electrons. The van der Waals surface area contributed by atoms with Gasteiger partial charge in [0.2, 0.25) is 5.91 Å². The molecule has 1 aromatic carbocycles. The number of nitrogens with one attached hydrogen (secondary N) is 1. The van der Waals surface area contributed by atoms with Crippen molar-refractivity contribution in [3.63, 3.8) is 0 Å². The third kappa shape index (κ3) is 4.45. The van der Waals surface area contributed by atoms with Gasteiger partial charge in [-0.05, 0) is 56.2 Å². The van der Waals surface area contributed by atoms with Crippen molar-refractivity contribution in [2.45, 2.75) is 50.7 Å². The minimum Gasteiger partial charge on any atom is -0.404 e. The minimum absolute atomic E-state index is 0.0157. The first-order valence-corrected chi connectivity index (χ1v) is 8.70. The average molecular weight is 327 g/mol. The maximum atomic E-state index is 12.4.